The van der Waals surface area contributed by atoms with Crippen molar-refractivity contribution in [3.05, 3.63) is 46.3 Å². The minimum atomic E-state index is 0.228. The van der Waals surface area contributed by atoms with Gasteiger partial charge in [-0.3, -0.25) is 0 Å². The maximum Gasteiger partial charge on any atom is 0.230 e. The van der Waals surface area contributed by atoms with Crippen molar-refractivity contribution in [3.63, 3.8) is 0 Å². The van der Waals surface area contributed by atoms with Crippen molar-refractivity contribution in [1.29, 1.82) is 0 Å². The van der Waals surface area contributed by atoms with Gasteiger partial charge in [0, 0.05) is 12.0 Å². The number of aryl methyl sites for hydroxylation is 1. The molecule has 0 fully saturated rings. The van der Waals surface area contributed by atoms with E-state index in [1.165, 1.54) is 0 Å². The van der Waals surface area contributed by atoms with Crippen LogP contribution in [-0.4, -0.2) is 5.16 Å². The fraction of sp³-hybridized carbons (Fsp3) is 0.133. The molecule has 0 radical (unpaired) electrons. The molecule has 0 aliphatic heterocycles. The van der Waals surface area contributed by atoms with E-state index in [9.17, 15) is 0 Å². The van der Waals surface area contributed by atoms with E-state index in [1.54, 1.807) is 18.4 Å². The number of nitrogens with two attached hydrogens (primary N) is 1. The van der Waals surface area contributed by atoms with Crippen molar-refractivity contribution >= 4 is 29.1 Å². The minimum absolute atomic E-state index is 0.228. The monoisotopic (exact) mass is 322 g/mol. The second-order valence-corrected chi connectivity index (χ2v) is 5.32. The first-order chi connectivity index (χ1) is 10.1. The van der Waals surface area contributed by atoms with Gasteiger partial charge in [-0.05, 0) is 23.8 Å². The molecule has 0 spiro atoms. The summed E-state index contributed by atoms with van der Waals surface area (Å²) in [7, 11) is 0. The Morgan fingerprint density at radius 3 is 2.71 bits per heavy atom. The quantitative estimate of drug-likeness (QED) is 0.732. The van der Waals surface area contributed by atoms with E-state index in [4.69, 9.17) is 37.9 Å². The topological polar surface area (TPSA) is 65.2 Å². The summed E-state index contributed by atoms with van der Waals surface area (Å²) in [5, 5.41) is 4.99. The molecule has 0 saturated heterocycles. The first-order valence-electron chi connectivity index (χ1n) is 6.39. The van der Waals surface area contributed by atoms with Crippen molar-refractivity contribution in [1.82, 2.24) is 5.16 Å². The van der Waals surface area contributed by atoms with Crippen LogP contribution in [0.25, 0.3) is 22.4 Å². The Morgan fingerprint density at radius 1 is 1.19 bits per heavy atom. The van der Waals surface area contributed by atoms with Gasteiger partial charge in [0.25, 0.3) is 0 Å². The Balaban J connectivity index is 2.19. The molecule has 2 aromatic heterocycles. The zero-order valence-electron chi connectivity index (χ0n) is 11.2. The molecule has 1 aromatic carbocycles. The molecule has 21 heavy (non-hydrogen) atoms. The van der Waals surface area contributed by atoms with E-state index in [2.05, 4.69) is 5.16 Å². The number of nitrogen functional groups attached to an aromatic ring is 1. The van der Waals surface area contributed by atoms with Crippen LogP contribution in [0.3, 0.4) is 0 Å². The molecule has 3 aromatic rings. The summed E-state index contributed by atoms with van der Waals surface area (Å²) in [4.78, 5) is 0. The minimum Gasteiger partial charge on any atom is -0.469 e. The first kappa shape index (κ1) is 14.0. The summed E-state index contributed by atoms with van der Waals surface area (Å²) in [6, 6.07) is 7.12. The van der Waals surface area contributed by atoms with Gasteiger partial charge in [0.15, 0.2) is 0 Å². The SMILES string of the molecule is CCc1occc1-c1noc(N)c1-c1ccc(Cl)c(Cl)c1. The van der Waals surface area contributed by atoms with Crippen LogP contribution < -0.4 is 5.73 Å². The highest BCUT2D eigenvalue weighted by atomic mass is 35.5. The van der Waals surface area contributed by atoms with Gasteiger partial charge in [0.1, 0.15) is 11.5 Å². The zero-order chi connectivity index (χ0) is 15.0. The molecule has 0 unspecified atom stereocenters. The second-order valence-electron chi connectivity index (χ2n) is 4.51. The molecule has 2 heterocycles. The predicted octanol–water partition coefficient (Wildman–Crippen LogP) is 5.05. The lowest BCUT2D eigenvalue weighted by Gasteiger charge is -2.04. The molecule has 0 amide bonds. The van der Waals surface area contributed by atoms with E-state index in [1.807, 2.05) is 19.1 Å². The third-order valence-corrected chi connectivity index (χ3v) is 3.99. The third-order valence-electron chi connectivity index (χ3n) is 3.25. The van der Waals surface area contributed by atoms with Crippen LogP contribution in [0, 0.1) is 0 Å². The van der Waals surface area contributed by atoms with Gasteiger partial charge >= 0.3 is 0 Å². The first-order valence-corrected chi connectivity index (χ1v) is 7.14. The van der Waals surface area contributed by atoms with Crippen LogP contribution in [0.4, 0.5) is 5.88 Å². The van der Waals surface area contributed by atoms with E-state index in [0.717, 1.165) is 23.3 Å². The maximum atomic E-state index is 6.08. The van der Waals surface area contributed by atoms with Gasteiger partial charge in [-0.15, -0.1) is 0 Å². The summed E-state index contributed by atoms with van der Waals surface area (Å²) in [5.41, 5.74) is 8.90. The van der Waals surface area contributed by atoms with Crippen molar-refractivity contribution in [2.45, 2.75) is 13.3 Å². The van der Waals surface area contributed by atoms with Gasteiger partial charge in [-0.2, -0.15) is 0 Å². The average Bonchev–Trinajstić information content (AvgIpc) is 3.07. The van der Waals surface area contributed by atoms with Crippen molar-refractivity contribution < 1.29 is 8.94 Å². The molecule has 4 nitrogen and oxygen atoms in total. The summed E-state index contributed by atoms with van der Waals surface area (Å²) >= 11 is 12.0. The largest absolute Gasteiger partial charge is 0.469 e. The highest BCUT2D eigenvalue weighted by Crippen LogP contribution is 2.39. The number of anilines is 1. The van der Waals surface area contributed by atoms with Crippen LogP contribution in [0.15, 0.2) is 39.5 Å². The van der Waals surface area contributed by atoms with Crippen molar-refractivity contribution in [2.75, 3.05) is 5.73 Å². The summed E-state index contributed by atoms with van der Waals surface area (Å²) < 4.78 is 10.6. The van der Waals surface area contributed by atoms with Crippen LogP contribution in [0.2, 0.25) is 10.0 Å². The molecule has 3 rings (SSSR count). The highest BCUT2D eigenvalue weighted by Gasteiger charge is 2.21. The number of benzene rings is 1. The molecule has 0 bridgehead atoms. The van der Waals surface area contributed by atoms with Gasteiger partial charge in [0.2, 0.25) is 5.88 Å². The summed E-state index contributed by atoms with van der Waals surface area (Å²) in [6.07, 6.45) is 2.37. The van der Waals surface area contributed by atoms with Crippen molar-refractivity contribution in [3.8, 4) is 22.4 Å². The molecule has 0 saturated carbocycles. The average molecular weight is 323 g/mol. The number of aromatic nitrogens is 1. The molecular weight excluding hydrogens is 311 g/mol. The fourth-order valence-electron chi connectivity index (χ4n) is 2.24. The van der Waals surface area contributed by atoms with Crippen molar-refractivity contribution in [2.24, 2.45) is 0 Å². The van der Waals surface area contributed by atoms with Gasteiger partial charge in [0.05, 0.1) is 21.9 Å². The van der Waals surface area contributed by atoms with Crippen LogP contribution in [-0.2, 0) is 6.42 Å². The number of rotatable bonds is 3. The molecule has 0 aliphatic carbocycles. The Kier molecular flexibility index (Phi) is 3.66. The van der Waals surface area contributed by atoms with Gasteiger partial charge in [-0.1, -0.05) is 41.3 Å². The fourth-order valence-corrected chi connectivity index (χ4v) is 2.54. The molecule has 0 atom stereocenters. The maximum absolute atomic E-state index is 6.08. The lowest BCUT2D eigenvalue weighted by atomic mass is 10.0. The normalized spacial score (nSPS) is 11.0. The zero-order valence-corrected chi connectivity index (χ0v) is 12.7. The smallest absolute Gasteiger partial charge is 0.230 e. The molecule has 6 heteroatoms. The summed E-state index contributed by atoms with van der Waals surface area (Å²) in [5.74, 6) is 1.05. The lowest BCUT2D eigenvalue weighted by Crippen LogP contribution is -1.89. The molecule has 0 aliphatic rings. The van der Waals surface area contributed by atoms with E-state index in [-0.39, 0.29) is 5.88 Å². The van der Waals surface area contributed by atoms with Gasteiger partial charge in [-0.25, -0.2) is 0 Å². The second kappa shape index (κ2) is 5.47. The van der Waals surface area contributed by atoms with E-state index in [0.29, 0.717) is 21.3 Å². The van der Waals surface area contributed by atoms with Gasteiger partial charge < -0.3 is 14.7 Å². The molecular formula is C15H12Cl2N2O2. The van der Waals surface area contributed by atoms with Crippen LogP contribution in [0.5, 0.6) is 0 Å². The molecule has 2 N–H and O–H groups in total. The Bertz CT molecular complexity index is 793. The standard InChI is InChI=1S/C15H12Cl2N2O2/c1-2-12-9(5-6-20-12)14-13(15(18)21-19-14)8-3-4-10(16)11(17)7-8/h3-7H,2,18H2,1H3. The van der Waals surface area contributed by atoms with E-state index < -0.39 is 0 Å². The lowest BCUT2D eigenvalue weighted by molar-refractivity contribution is 0.439. The number of hydrogen-bond donors (Lipinski definition) is 1. The van der Waals surface area contributed by atoms with Crippen LogP contribution in [0.1, 0.15) is 12.7 Å². The summed E-state index contributed by atoms with van der Waals surface area (Å²) in [6.45, 7) is 2.00. The Labute approximate surface area is 131 Å². The number of halogens is 2. The number of hydrogen-bond acceptors (Lipinski definition) is 4. The Hall–Kier alpha value is -1.91. The number of nitrogens with zero attached hydrogens (tertiary/aromatic N) is 1. The van der Waals surface area contributed by atoms with Crippen LogP contribution >= 0.6 is 23.2 Å². The molecule has 108 valence electrons. The Morgan fingerprint density at radius 2 is 2.00 bits per heavy atom. The number of furan rings is 1. The van der Waals surface area contributed by atoms with E-state index >= 15 is 0 Å². The highest BCUT2D eigenvalue weighted by molar-refractivity contribution is 6.42. The third kappa shape index (κ3) is 2.41. The predicted molar refractivity (Wildman–Crippen MR) is 83.5 cm³/mol.